The number of hydrogen-bond donors (Lipinski definition) is 3. The molecular weight excluding hydrogens is 438 g/mol. The summed E-state index contributed by atoms with van der Waals surface area (Å²) < 4.78 is 54.8. The zero-order chi connectivity index (χ0) is 22.9. The summed E-state index contributed by atoms with van der Waals surface area (Å²) in [6.07, 6.45) is 3.63. The molecule has 2 aromatic heterocycles. The van der Waals surface area contributed by atoms with E-state index in [4.69, 9.17) is 0 Å². The van der Waals surface area contributed by atoms with Crippen LogP contribution in [-0.4, -0.2) is 30.5 Å². The minimum absolute atomic E-state index is 0.197. The van der Waals surface area contributed by atoms with Crippen molar-refractivity contribution in [3.8, 4) is 0 Å². The van der Waals surface area contributed by atoms with Crippen molar-refractivity contribution in [3.63, 3.8) is 0 Å². The van der Waals surface area contributed by atoms with Crippen LogP contribution in [0.4, 0.5) is 20.2 Å². The fraction of sp³-hybridized carbons (Fsp3) is 0.0909. The Morgan fingerprint density at radius 2 is 1.72 bits per heavy atom. The molecule has 0 bridgehead atoms. The van der Waals surface area contributed by atoms with Gasteiger partial charge in [0.15, 0.2) is 0 Å². The molecular formula is C22H18F2N4O3S. The first kappa shape index (κ1) is 21.4. The molecule has 4 rings (SSSR count). The number of benzene rings is 2. The molecule has 0 unspecified atom stereocenters. The van der Waals surface area contributed by atoms with Crippen molar-refractivity contribution >= 4 is 38.2 Å². The number of aromatic amines is 1. The lowest BCUT2D eigenvalue weighted by atomic mass is 10.0. The highest BCUT2D eigenvalue weighted by atomic mass is 32.2. The highest BCUT2D eigenvalue weighted by Crippen LogP contribution is 2.36. The Hall–Kier alpha value is -3.79. The van der Waals surface area contributed by atoms with E-state index in [1.165, 1.54) is 48.8 Å². The summed E-state index contributed by atoms with van der Waals surface area (Å²) >= 11 is 0. The number of hydrogen-bond acceptors (Lipinski definition) is 4. The number of alkyl halides is 2. The zero-order valence-corrected chi connectivity index (χ0v) is 17.6. The van der Waals surface area contributed by atoms with E-state index >= 15 is 0 Å². The molecule has 0 aliphatic heterocycles. The summed E-state index contributed by atoms with van der Waals surface area (Å²) in [5.74, 6) is -3.78. The fourth-order valence-corrected chi connectivity index (χ4v) is 3.80. The van der Waals surface area contributed by atoms with E-state index in [2.05, 4.69) is 20.0 Å². The van der Waals surface area contributed by atoms with Crippen LogP contribution in [0.15, 0.2) is 73.1 Å². The standard InChI is InChI=1S/C22H18F2N4O3S/c1-32(30,31)28-18-6-5-14-11-20(27-19(14)13-18)21(29)26-17-4-2-3-16(12-17)22(23,24)15-7-9-25-10-8-15/h2-13,27-28H,1H3,(H,26,29). The number of fused-ring (bicyclic) bond motifs is 1. The van der Waals surface area contributed by atoms with Crippen molar-refractivity contribution in [2.45, 2.75) is 5.92 Å². The molecule has 0 fully saturated rings. The second kappa shape index (κ2) is 8.04. The SMILES string of the molecule is CS(=O)(=O)Nc1ccc2cc(C(=O)Nc3cccc(C(F)(F)c4ccncc4)c3)[nH]c2c1. The van der Waals surface area contributed by atoms with E-state index in [1.807, 2.05) is 0 Å². The van der Waals surface area contributed by atoms with Crippen LogP contribution in [0.2, 0.25) is 0 Å². The van der Waals surface area contributed by atoms with Crippen LogP contribution >= 0.6 is 0 Å². The summed E-state index contributed by atoms with van der Waals surface area (Å²) in [7, 11) is -3.44. The number of H-pyrrole nitrogens is 1. The first-order valence-corrected chi connectivity index (χ1v) is 11.3. The average molecular weight is 456 g/mol. The maximum Gasteiger partial charge on any atom is 0.298 e. The van der Waals surface area contributed by atoms with Crippen LogP contribution in [0.3, 0.4) is 0 Å². The maximum atomic E-state index is 14.8. The van der Waals surface area contributed by atoms with Crippen LogP contribution in [0.25, 0.3) is 10.9 Å². The van der Waals surface area contributed by atoms with Gasteiger partial charge in [0.05, 0.1) is 11.9 Å². The summed E-state index contributed by atoms with van der Waals surface area (Å²) in [4.78, 5) is 19.3. The number of carbonyl (C=O) groups is 1. The molecule has 0 aliphatic rings. The van der Waals surface area contributed by atoms with Crippen molar-refractivity contribution in [1.29, 1.82) is 0 Å². The predicted octanol–water partition coefficient (Wildman–Crippen LogP) is 4.33. The van der Waals surface area contributed by atoms with Gasteiger partial charge in [-0.3, -0.25) is 14.5 Å². The largest absolute Gasteiger partial charge is 0.350 e. The van der Waals surface area contributed by atoms with Gasteiger partial charge in [-0.25, -0.2) is 8.42 Å². The van der Waals surface area contributed by atoms with E-state index in [0.29, 0.717) is 16.6 Å². The molecule has 3 N–H and O–H groups in total. The Morgan fingerprint density at radius 3 is 2.44 bits per heavy atom. The third-order valence-corrected chi connectivity index (χ3v) is 5.30. The lowest BCUT2D eigenvalue weighted by molar-refractivity contribution is 0.0428. The zero-order valence-electron chi connectivity index (χ0n) is 16.8. The fourth-order valence-electron chi connectivity index (χ4n) is 3.25. The van der Waals surface area contributed by atoms with Crippen LogP contribution < -0.4 is 10.0 Å². The van der Waals surface area contributed by atoms with Gasteiger partial charge in [0.1, 0.15) is 5.69 Å². The Labute approximate surface area is 182 Å². The number of anilines is 2. The number of rotatable bonds is 6. The molecule has 4 aromatic rings. The first-order valence-electron chi connectivity index (χ1n) is 9.42. The topological polar surface area (TPSA) is 104 Å². The molecule has 0 aliphatic carbocycles. The van der Waals surface area contributed by atoms with Gasteiger partial charge in [0.2, 0.25) is 10.0 Å². The number of halogens is 2. The predicted molar refractivity (Wildman–Crippen MR) is 118 cm³/mol. The summed E-state index contributed by atoms with van der Waals surface area (Å²) in [6.45, 7) is 0. The van der Waals surface area contributed by atoms with Crippen molar-refractivity contribution in [2.24, 2.45) is 0 Å². The molecule has 0 saturated heterocycles. The molecule has 0 radical (unpaired) electrons. The number of nitrogens with one attached hydrogen (secondary N) is 3. The van der Waals surface area contributed by atoms with E-state index in [9.17, 15) is 22.0 Å². The van der Waals surface area contributed by atoms with Gasteiger partial charge in [-0.05, 0) is 42.5 Å². The molecule has 0 saturated carbocycles. The molecule has 164 valence electrons. The Morgan fingerprint density at radius 1 is 0.969 bits per heavy atom. The third kappa shape index (κ3) is 4.59. The molecule has 7 nitrogen and oxygen atoms in total. The van der Waals surface area contributed by atoms with E-state index in [-0.39, 0.29) is 22.5 Å². The van der Waals surface area contributed by atoms with Gasteiger partial charge < -0.3 is 10.3 Å². The summed E-state index contributed by atoms with van der Waals surface area (Å²) in [5.41, 5.74) is 0.823. The van der Waals surface area contributed by atoms with Crippen molar-refractivity contribution in [3.05, 3.63) is 89.9 Å². The number of carbonyl (C=O) groups excluding carboxylic acids is 1. The highest BCUT2D eigenvalue weighted by Gasteiger charge is 2.34. The molecule has 2 aromatic carbocycles. The van der Waals surface area contributed by atoms with E-state index < -0.39 is 21.9 Å². The van der Waals surface area contributed by atoms with Gasteiger partial charge in [-0.2, -0.15) is 8.78 Å². The van der Waals surface area contributed by atoms with Gasteiger partial charge in [-0.1, -0.05) is 18.2 Å². The third-order valence-electron chi connectivity index (χ3n) is 4.70. The molecule has 32 heavy (non-hydrogen) atoms. The van der Waals surface area contributed by atoms with Gasteiger partial charge in [0.25, 0.3) is 11.8 Å². The van der Waals surface area contributed by atoms with Crippen LogP contribution in [0.1, 0.15) is 21.6 Å². The number of pyridine rings is 1. The Balaban J connectivity index is 1.57. The number of amides is 1. The molecule has 2 heterocycles. The molecule has 1 amide bonds. The minimum atomic E-state index is -3.44. The smallest absolute Gasteiger partial charge is 0.298 e. The Bertz CT molecular complexity index is 1400. The second-order valence-corrected chi connectivity index (χ2v) is 8.95. The molecule has 0 atom stereocenters. The summed E-state index contributed by atoms with van der Waals surface area (Å²) in [5, 5.41) is 3.30. The van der Waals surface area contributed by atoms with Crippen LogP contribution in [0, 0.1) is 0 Å². The van der Waals surface area contributed by atoms with Crippen LogP contribution in [-0.2, 0) is 15.9 Å². The lowest BCUT2D eigenvalue weighted by Crippen LogP contribution is -2.17. The average Bonchev–Trinajstić information content (AvgIpc) is 3.17. The molecule has 10 heteroatoms. The summed E-state index contributed by atoms with van der Waals surface area (Å²) in [6, 6.07) is 14.3. The van der Waals surface area contributed by atoms with E-state index in [1.54, 1.807) is 24.3 Å². The van der Waals surface area contributed by atoms with Gasteiger partial charge in [0, 0.05) is 40.1 Å². The van der Waals surface area contributed by atoms with Gasteiger partial charge >= 0.3 is 0 Å². The lowest BCUT2D eigenvalue weighted by Gasteiger charge is -2.18. The first-order chi connectivity index (χ1) is 15.1. The maximum absolute atomic E-state index is 14.8. The van der Waals surface area contributed by atoms with Crippen molar-refractivity contribution in [1.82, 2.24) is 9.97 Å². The van der Waals surface area contributed by atoms with Crippen molar-refractivity contribution in [2.75, 3.05) is 16.3 Å². The van der Waals surface area contributed by atoms with Crippen LogP contribution in [0.5, 0.6) is 0 Å². The number of aromatic nitrogens is 2. The minimum Gasteiger partial charge on any atom is -0.350 e. The van der Waals surface area contributed by atoms with Gasteiger partial charge in [-0.15, -0.1) is 0 Å². The van der Waals surface area contributed by atoms with Crippen molar-refractivity contribution < 1.29 is 22.0 Å². The quantitative estimate of drug-likeness (QED) is 0.402. The Kier molecular flexibility index (Phi) is 5.39. The second-order valence-electron chi connectivity index (χ2n) is 7.20. The van der Waals surface area contributed by atoms with E-state index in [0.717, 1.165) is 6.26 Å². The highest BCUT2D eigenvalue weighted by molar-refractivity contribution is 7.92. The normalized spacial score (nSPS) is 12.0. The molecule has 0 spiro atoms. The number of nitrogens with zero attached hydrogens (tertiary/aromatic N) is 1. The monoisotopic (exact) mass is 456 g/mol. The number of sulfonamides is 1.